The Bertz CT molecular complexity index is 1510. The van der Waals surface area contributed by atoms with E-state index < -0.39 is 11.6 Å². The minimum Gasteiger partial charge on any atom is -0.489 e. The Balaban J connectivity index is 1.29. The molecule has 2 fully saturated rings. The molecule has 1 aromatic heterocycles. The number of halogens is 3. The Hall–Kier alpha value is -3.30. The first-order valence-corrected chi connectivity index (χ1v) is 13.7. The summed E-state index contributed by atoms with van der Waals surface area (Å²) in [5.74, 6) is 0.378. The molecule has 208 valence electrons. The van der Waals surface area contributed by atoms with Crippen molar-refractivity contribution in [2.24, 2.45) is 11.1 Å². The number of hydrogen-bond acceptors (Lipinski definition) is 7. The largest absolute Gasteiger partial charge is 0.489 e. The highest BCUT2D eigenvalue weighted by molar-refractivity contribution is 6.41. The fourth-order valence-electron chi connectivity index (χ4n) is 4.73. The summed E-state index contributed by atoms with van der Waals surface area (Å²) < 4.78 is 6.03. The summed E-state index contributed by atoms with van der Waals surface area (Å²) in [6, 6.07) is 13.3. The van der Waals surface area contributed by atoms with Crippen LogP contribution in [0.1, 0.15) is 40.0 Å². The summed E-state index contributed by atoms with van der Waals surface area (Å²) in [5.41, 5.74) is 1.20. The van der Waals surface area contributed by atoms with Crippen molar-refractivity contribution in [3.63, 3.8) is 0 Å². The molecule has 2 heterocycles. The first-order valence-electron chi connectivity index (χ1n) is 12.6. The quantitative estimate of drug-likeness (QED) is 0.148. The van der Waals surface area contributed by atoms with Gasteiger partial charge < -0.3 is 25.1 Å². The number of nitrogens with zero attached hydrogens (tertiary/aromatic N) is 3. The second kappa shape index (κ2) is 11.3. The number of β-amino-alcohol motifs (C(OH)–C–C–N with tert-alkyl or cyclic N) is 1. The fraction of sp³-hybridized carbons (Fsp3) is 0.276. The van der Waals surface area contributed by atoms with Crippen molar-refractivity contribution in [2.75, 3.05) is 24.6 Å². The predicted molar refractivity (Wildman–Crippen MR) is 155 cm³/mol. The number of aryl methyl sites for hydroxylation is 1. The lowest BCUT2D eigenvalue weighted by Gasteiger charge is -2.47. The van der Waals surface area contributed by atoms with Gasteiger partial charge in [-0.2, -0.15) is 0 Å². The Kier molecular flexibility index (Phi) is 7.97. The van der Waals surface area contributed by atoms with Gasteiger partial charge in [-0.05, 0) is 62.1 Å². The molecule has 11 heteroatoms. The maximum atomic E-state index is 11.3. The van der Waals surface area contributed by atoms with Gasteiger partial charge in [0.05, 0.1) is 39.4 Å². The molecule has 1 saturated heterocycles. The van der Waals surface area contributed by atoms with E-state index in [1.54, 1.807) is 49.4 Å². The van der Waals surface area contributed by atoms with Gasteiger partial charge in [0.15, 0.2) is 0 Å². The number of allylic oxidation sites excluding steroid dienone is 1. The highest BCUT2D eigenvalue weighted by atomic mass is 35.5. The van der Waals surface area contributed by atoms with Crippen LogP contribution in [0.15, 0.2) is 65.3 Å². The summed E-state index contributed by atoms with van der Waals surface area (Å²) in [4.78, 5) is 17.5. The first-order chi connectivity index (χ1) is 19.1. The molecule has 3 aromatic rings. The molecule has 0 atom stereocenters. The molecule has 1 aliphatic heterocycles. The van der Waals surface area contributed by atoms with Gasteiger partial charge in [0, 0.05) is 16.7 Å². The second-order valence-corrected chi connectivity index (χ2v) is 11.2. The number of aromatic nitrogens is 1. The Morgan fingerprint density at radius 2 is 1.82 bits per heavy atom. The molecule has 0 unspecified atom stereocenters. The van der Waals surface area contributed by atoms with Crippen LogP contribution < -0.4 is 9.64 Å². The zero-order valence-corrected chi connectivity index (χ0v) is 23.7. The number of aliphatic hydroxyl groups is 1. The Morgan fingerprint density at radius 1 is 1.12 bits per heavy atom. The van der Waals surface area contributed by atoms with Crippen LogP contribution in [0.3, 0.4) is 0 Å². The van der Waals surface area contributed by atoms with Crippen LogP contribution in [-0.4, -0.2) is 51.8 Å². The Labute approximate surface area is 246 Å². The SMILES string of the molecule is Cc1nc(N2CC(O)(c3ccc(OCC(=C\C4CC4)/C(=N\O)c4c(Cl)cccc4Cl)cc3Cl)C2)ccc1C(=O)O. The van der Waals surface area contributed by atoms with Gasteiger partial charge in [0.2, 0.25) is 0 Å². The number of ether oxygens (including phenoxy) is 1. The zero-order valence-electron chi connectivity index (χ0n) is 21.4. The van der Waals surface area contributed by atoms with Crippen LogP contribution in [0, 0.1) is 12.8 Å². The normalized spacial score (nSPS) is 17.0. The smallest absolute Gasteiger partial charge is 0.337 e. The number of carboxylic acids is 1. The first kappa shape index (κ1) is 28.2. The van der Waals surface area contributed by atoms with E-state index in [4.69, 9.17) is 39.5 Å². The number of benzene rings is 2. The van der Waals surface area contributed by atoms with E-state index in [-0.39, 0.29) is 31.0 Å². The van der Waals surface area contributed by atoms with Crippen molar-refractivity contribution in [3.05, 3.63) is 97.6 Å². The zero-order chi connectivity index (χ0) is 28.6. The number of pyridine rings is 1. The standard InChI is InChI=1S/C29H26Cl3N3O5/c1-16-20(28(36)37)8-10-25(33-16)35-14-29(38,15-35)21-9-7-19(12-24(21)32)40-13-18(11-17-5-6-17)27(34-39)26-22(30)3-2-4-23(26)31/h2-4,7-12,17,38-39H,5-6,13-15H2,1H3,(H,36,37)/b18-11+,34-27+. The number of carbonyl (C=O) groups is 1. The van der Waals surface area contributed by atoms with E-state index in [1.165, 1.54) is 6.07 Å². The third-order valence-corrected chi connectivity index (χ3v) is 7.97. The summed E-state index contributed by atoms with van der Waals surface area (Å²) in [6.45, 7) is 2.21. The molecule has 0 amide bonds. The van der Waals surface area contributed by atoms with Crippen molar-refractivity contribution in [1.82, 2.24) is 4.98 Å². The van der Waals surface area contributed by atoms with Gasteiger partial charge in [-0.15, -0.1) is 0 Å². The second-order valence-electron chi connectivity index (χ2n) is 10.0. The van der Waals surface area contributed by atoms with Gasteiger partial charge in [-0.3, -0.25) is 0 Å². The molecular formula is C29H26Cl3N3O5. The molecule has 8 nitrogen and oxygen atoms in total. The topological polar surface area (TPSA) is 115 Å². The molecule has 0 radical (unpaired) electrons. The van der Waals surface area contributed by atoms with E-state index in [9.17, 15) is 20.2 Å². The van der Waals surface area contributed by atoms with E-state index in [0.29, 0.717) is 54.9 Å². The Morgan fingerprint density at radius 3 is 2.40 bits per heavy atom. The number of rotatable bonds is 9. The van der Waals surface area contributed by atoms with Gasteiger partial charge in [0.1, 0.15) is 29.5 Å². The summed E-state index contributed by atoms with van der Waals surface area (Å²) >= 11 is 19.3. The van der Waals surface area contributed by atoms with Crippen molar-refractivity contribution >= 4 is 52.3 Å². The maximum absolute atomic E-state index is 11.3. The van der Waals surface area contributed by atoms with Gasteiger partial charge >= 0.3 is 5.97 Å². The van der Waals surface area contributed by atoms with Crippen LogP contribution in [0.25, 0.3) is 0 Å². The number of anilines is 1. The van der Waals surface area contributed by atoms with Crippen molar-refractivity contribution in [2.45, 2.75) is 25.4 Å². The number of aromatic carboxylic acids is 1. The maximum Gasteiger partial charge on any atom is 0.337 e. The summed E-state index contributed by atoms with van der Waals surface area (Å²) in [5, 5.41) is 34.9. The minimum atomic E-state index is -1.20. The molecule has 1 saturated carbocycles. The molecule has 0 bridgehead atoms. The van der Waals surface area contributed by atoms with Crippen LogP contribution in [0.4, 0.5) is 5.82 Å². The lowest BCUT2D eigenvalue weighted by Crippen LogP contribution is -2.60. The molecule has 2 aliphatic rings. The molecule has 5 rings (SSSR count). The molecular weight excluding hydrogens is 577 g/mol. The lowest BCUT2D eigenvalue weighted by atomic mass is 9.86. The number of hydrogen-bond donors (Lipinski definition) is 3. The average Bonchev–Trinajstić information content (AvgIpc) is 3.71. The van der Waals surface area contributed by atoms with Crippen LogP contribution in [-0.2, 0) is 5.60 Å². The average molecular weight is 603 g/mol. The van der Waals surface area contributed by atoms with Crippen LogP contribution in [0.5, 0.6) is 5.75 Å². The predicted octanol–water partition coefficient (Wildman–Crippen LogP) is 6.35. The molecule has 2 aromatic carbocycles. The van der Waals surface area contributed by atoms with Gasteiger partial charge in [-0.25, -0.2) is 9.78 Å². The number of carboxylic acid groups (broad SMARTS) is 1. The third kappa shape index (κ3) is 5.76. The van der Waals surface area contributed by atoms with E-state index in [2.05, 4.69) is 10.1 Å². The van der Waals surface area contributed by atoms with Gasteiger partial charge in [0.25, 0.3) is 0 Å². The van der Waals surface area contributed by atoms with Gasteiger partial charge in [-0.1, -0.05) is 58.2 Å². The molecule has 0 spiro atoms. The van der Waals surface area contributed by atoms with Crippen molar-refractivity contribution in [3.8, 4) is 5.75 Å². The molecule has 1 aliphatic carbocycles. The fourth-order valence-corrected chi connectivity index (χ4v) is 5.66. The molecule has 3 N–H and O–H groups in total. The minimum absolute atomic E-state index is 0.0858. The monoisotopic (exact) mass is 601 g/mol. The summed E-state index contributed by atoms with van der Waals surface area (Å²) in [7, 11) is 0. The van der Waals surface area contributed by atoms with Crippen molar-refractivity contribution < 1.29 is 25.0 Å². The lowest BCUT2D eigenvalue weighted by molar-refractivity contribution is 0.00709. The third-order valence-electron chi connectivity index (χ3n) is 7.03. The van der Waals surface area contributed by atoms with E-state index >= 15 is 0 Å². The van der Waals surface area contributed by atoms with Crippen molar-refractivity contribution in [1.29, 1.82) is 0 Å². The number of oxime groups is 1. The highest BCUT2D eigenvalue weighted by Gasteiger charge is 2.44. The molecule has 40 heavy (non-hydrogen) atoms. The summed E-state index contributed by atoms with van der Waals surface area (Å²) in [6.07, 6.45) is 4.08. The van der Waals surface area contributed by atoms with Crippen LogP contribution >= 0.6 is 34.8 Å². The van der Waals surface area contributed by atoms with E-state index in [0.717, 1.165) is 12.8 Å². The van der Waals surface area contributed by atoms with Crippen LogP contribution in [0.2, 0.25) is 15.1 Å². The van der Waals surface area contributed by atoms with E-state index in [1.807, 2.05) is 11.0 Å². The highest BCUT2D eigenvalue weighted by Crippen LogP contribution is 2.40.